The third kappa shape index (κ3) is 11.1. The Morgan fingerprint density at radius 2 is 1.25 bits per heavy atom. The number of aliphatic carboxylic acids is 3. The highest BCUT2D eigenvalue weighted by Crippen LogP contribution is 2.03. The monoisotopic (exact) mass is 479 g/mol. The van der Waals surface area contributed by atoms with Crippen molar-refractivity contribution < 1.29 is 48.9 Å². The summed E-state index contributed by atoms with van der Waals surface area (Å²) in [6.07, 6.45) is -2.46. The summed E-state index contributed by atoms with van der Waals surface area (Å²) in [5.41, 5.74) is 10.3. The van der Waals surface area contributed by atoms with E-state index in [0.717, 1.165) is 0 Å². The maximum atomic E-state index is 12.5. The molecular formula is C16H25N5O10S. The highest BCUT2D eigenvalue weighted by atomic mass is 32.1. The van der Waals surface area contributed by atoms with E-state index in [0.29, 0.717) is 0 Å². The van der Waals surface area contributed by atoms with E-state index in [1.54, 1.807) is 0 Å². The molecule has 0 aromatic rings. The van der Waals surface area contributed by atoms with Crippen molar-refractivity contribution in [3.63, 3.8) is 0 Å². The molecule has 0 aromatic carbocycles. The predicted octanol–water partition coefficient (Wildman–Crippen LogP) is -4.00. The van der Waals surface area contributed by atoms with Gasteiger partial charge in [-0.2, -0.15) is 12.6 Å². The summed E-state index contributed by atoms with van der Waals surface area (Å²) in [5.74, 6) is -8.68. The van der Waals surface area contributed by atoms with Crippen molar-refractivity contribution >= 4 is 54.2 Å². The Bertz CT molecular complexity index is 761. The number of carbonyl (C=O) groups excluding carboxylic acids is 4. The fraction of sp³-hybridized carbons (Fsp3) is 0.562. The number of hydrogen-bond donors (Lipinski definition) is 9. The van der Waals surface area contributed by atoms with Crippen LogP contribution in [0, 0.1) is 0 Å². The molecule has 4 unspecified atom stereocenters. The third-order valence-electron chi connectivity index (χ3n) is 3.85. The number of primary amides is 1. The second kappa shape index (κ2) is 13.8. The molecule has 4 amide bonds. The molecule has 0 rings (SSSR count). The van der Waals surface area contributed by atoms with Gasteiger partial charge in [0.15, 0.2) is 0 Å². The highest BCUT2D eigenvalue weighted by molar-refractivity contribution is 7.80. The molecule has 0 saturated carbocycles. The van der Waals surface area contributed by atoms with Crippen LogP contribution in [0.1, 0.15) is 25.7 Å². The second-order valence-electron chi connectivity index (χ2n) is 6.51. The summed E-state index contributed by atoms with van der Waals surface area (Å²) in [5, 5.41) is 32.9. The van der Waals surface area contributed by atoms with Crippen LogP contribution in [0.4, 0.5) is 0 Å². The Balaban J connectivity index is 5.33. The largest absolute Gasteiger partial charge is 0.481 e. The van der Waals surface area contributed by atoms with E-state index in [-0.39, 0.29) is 5.75 Å². The maximum Gasteiger partial charge on any atom is 0.326 e. The summed E-state index contributed by atoms with van der Waals surface area (Å²) < 4.78 is 0. The average molecular weight is 479 g/mol. The van der Waals surface area contributed by atoms with Gasteiger partial charge in [-0.3, -0.25) is 28.8 Å². The van der Waals surface area contributed by atoms with Crippen LogP contribution in [-0.2, 0) is 33.6 Å². The predicted molar refractivity (Wildman–Crippen MR) is 108 cm³/mol. The van der Waals surface area contributed by atoms with Gasteiger partial charge in [0.05, 0.1) is 18.9 Å². The lowest BCUT2D eigenvalue weighted by atomic mass is 10.1. The second-order valence-corrected chi connectivity index (χ2v) is 6.88. The first-order chi connectivity index (χ1) is 14.8. The van der Waals surface area contributed by atoms with Gasteiger partial charge in [-0.1, -0.05) is 0 Å². The van der Waals surface area contributed by atoms with Gasteiger partial charge in [-0.05, 0) is 6.42 Å². The molecule has 0 aliphatic rings. The van der Waals surface area contributed by atoms with Crippen molar-refractivity contribution in [2.24, 2.45) is 11.5 Å². The number of carboxylic acid groups (broad SMARTS) is 3. The zero-order valence-corrected chi connectivity index (χ0v) is 17.5. The standard InChI is InChI=1S/C16H25N5O10S/c17-6(3-12(25)26)13(27)19-7(1-2-11(23)24)14(28)21-9(5-32)15(29)20-8(16(30)31)4-10(18)22/h6-9,32H,1-5,17H2,(H2,18,22)(H,19,27)(H,20,29)(H,21,28)(H,23,24)(H,25,26)(H,30,31). The van der Waals surface area contributed by atoms with E-state index in [9.17, 15) is 33.6 Å². The van der Waals surface area contributed by atoms with Gasteiger partial charge in [0.1, 0.15) is 18.1 Å². The van der Waals surface area contributed by atoms with Crippen LogP contribution in [0.3, 0.4) is 0 Å². The molecule has 0 fully saturated rings. The molecule has 0 aromatic heterocycles. The fourth-order valence-corrected chi connectivity index (χ4v) is 2.49. The van der Waals surface area contributed by atoms with Gasteiger partial charge < -0.3 is 42.7 Å². The first kappa shape index (κ1) is 28.6. The van der Waals surface area contributed by atoms with Crippen LogP contribution in [-0.4, -0.2) is 86.8 Å². The lowest BCUT2D eigenvalue weighted by Gasteiger charge is -2.24. The van der Waals surface area contributed by atoms with Crippen molar-refractivity contribution in [1.82, 2.24) is 16.0 Å². The molecule has 0 spiro atoms. The van der Waals surface area contributed by atoms with E-state index < -0.39 is 91.4 Å². The normalized spacial score (nSPS) is 14.2. The lowest BCUT2D eigenvalue weighted by Crippen LogP contribution is -2.58. The quantitative estimate of drug-likeness (QED) is 0.102. The molecule has 0 heterocycles. The zero-order chi connectivity index (χ0) is 25.0. The topological polar surface area (TPSA) is 268 Å². The van der Waals surface area contributed by atoms with Gasteiger partial charge in [0, 0.05) is 12.2 Å². The van der Waals surface area contributed by atoms with E-state index in [1.807, 2.05) is 5.32 Å². The Kier molecular flexibility index (Phi) is 12.3. The summed E-state index contributed by atoms with van der Waals surface area (Å²) in [6.45, 7) is 0. The number of carbonyl (C=O) groups is 7. The van der Waals surface area contributed by atoms with Gasteiger partial charge in [-0.15, -0.1) is 0 Å². The Morgan fingerprint density at radius 3 is 1.69 bits per heavy atom. The number of amides is 4. The van der Waals surface area contributed by atoms with Gasteiger partial charge >= 0.3 is 17.9 Å². The third-order valence-corrected chi connectivity index (χ3v) is 4.21. The number of rotatable bonds is 15. The maximum absolute atomic E-state index is 12.5. The summed E-state index contributed by atoms with van der Waals surface area (Å²) >= 11 is 3.89. The minimum absolute atomic E-state index is 0.335. The average Bonchev–Trinajstić information content (AvgIpc) is 2.66. The van der Waals surface area contributed by atoms with Crippen LogP contribution in [0.25, 0.3) is 0 Å². The summed E-state index contributed by atoms with van der Waals surface area (Å²) in [4.78, 5) is 80.4. The molecule has 0 bridgehead atoms. The molecular weight excluding hydrogens is 454 g/mol. The number of nitrogens with one attached hydrogen (secondary N) is 3. The molecule has 15 nitrogen and oxygen atoms in total. The van der Waals surface area contributed by atoms with Crippen molar-refractivity contribution in [2.75, 3.05) is 5.75 Å². The van der Waals surface area contributed by atoms with E-state index >= 15 is 0 Å². The number of nitrogens with two attached hydrogens (primary N) is 2. The van der Waals surface area contributed by atoms with Crippen molar-refractivity contribution in [3.8, 4) is 0 Å². The van der Waals surface area contributed by atoms with Crippen LogP contribution >= 0.6 is 12.6 Å². The summed E-state index contributed by atoms with van der Waals surface area (Å²) in [7, 11) is 0. The van der Waals surface area contributed by atoms with Gasteiger partial charge in [0.2, 0.25) is 23.6 Å². The minimum Gasteiger partial charge on any atom is -0.481 e. The fourth-order valence-electron chi connectivity index (χ4n) is 2.24. The summed E-state index contributed by atoms with van der Waals surface area (Å²) in [6, 6.07) is -6.13. The molecule has 32 heavy (non-hydrogen) atoms. The van der Waals surface area contributed by atoms with Crippen molar-refractivity contribution in [1.29, 1.82) is 0 Å². The molecule has 4 atom stereocenters. The Labute approximate surface area is 186 Å². The Morgan fingerprint density at radius 1 is 0.750 bits per heavy atom. The van der Waals surface area contributed by atoms with Gasteiger partial charge in [0.25, 0.3) is 0 Å². The molecule has 10 N–H and O–H groups in total. The van der Waals surface area contributed by atoms with Crippen LogP contribution < -0.4 is 27.4 Å². The first-order valence-corrected chi connectivity index (χ1v) is 9.63. The molecule has 0 aliphatic heterocycles. The minimum atomic E-state index is -1.67. The van der Waals surface area contributed by atoms with Crippen LogP contribution in [0.2, 0.25) is 0 Å². The van der Waals surface area contributed by atoms with Gasteiger partial charge in [-0.25, -0.2) is 4.79 Å². The highest BCUT2D eigenvalue weighted by Gasteiger charge is 2.30. The Hall–Kier alpha value is -3.40. The van der Waals surface area contributed by atoms with Crippen molar-refractivity contribution in [2.45, 2.75) is 49.9 Å². The molecule has 0 saturated heterocycles. The van der Waals surface area contributed by atoms with Crippen LogP contribution in [0.5, 0.6) is 0 Å². The van der Waals surface area contributed by atoms with E-state index in [4.69, 9.17) is 26.8 Å². The number of thiol groups is 1. The number of carboxylic acids is 3. The van der Waals surface area contributed by atoms with Crippen molar-refractivity contribution in [3.05, 3.63) is 0 Å². The molecule has 0 radical (unpaired) electrons. The van der Waals surface area contributed by atoms with Crippen LogP contribution in [0.15, 0.2) is 0 Å². The zero-order valence-electron chi connectivity index (χ0n) is 16.6. The number of hydrogen-bond acceptors (Lipinski definition) is 9. The smallest absolute Gasteiger partial charge is 0.326 e. The molecule has 0 aliphatic carbocycles. The molecule has 16 heteroatoms. The SMILES string of the molecule is NC(=O)CC(NC(=O)C(CS)NC(=O)C(CCC(=O)O)NC(=O)C(N)CC(=O)O)C(=O)O. The lowest BCUT2D eigenvalue weighted by molar-refractivity contribution is -0.143. The van der Waals surface area contributed by atoms with E-state index in [2.05, 4.69) is 23.3 Å². The van der Waals surface area contributed by atoms with E-state index in [1.165, 1.54) is 0 Å². The molecule has 180 valence electrons. The first-order valence-electron chi connectivity index (χ1n) is 9.00.